The first-order valence-corrected chi connectivity index (χ1v) is 8.31. The quantitative estimate of drug-likeness (QED) is 0.909. The van der Waals surface area contributed by atoms with Crippen molar-refractivity contribution < 1.29 is 13.2 Å². The molecule has 2 rings (SSSR count). The smallest absolute Gasteiger partial charge is 0.266 e. The van der Waals surface area contributed by atoms with Gasteiger partial charge in [0, 0.05) is 5.02 Å². The van der Waals surface area contributed by atoms with Crippen LogP contribution in [-0.4, -0.2) is 35.6 Å². The molecule has 0 aliphatic rings. The maximum atomic E-state index is 11.9. The van der Waals surface area contributed by atoms with Crippen molar-refractivity contribution in [2.75, 3.05) is 6.26 Å². The summed E-state index contributed by atoms with van der Waals surface area (Å²) in [7, 11) is -3.66. The van der Waals surface area contributed by atoms with E-state index in [1.54, 1.807) is 24.3 Å². The standard InChI is InChI=1S/C12H13ClN4O3S/c1-3-10-11(12(18)15-21(2,19)20)14-16-17(10)9-6-4-5-8(13)7-9/h4-7H,3H2,1-2H3,(H,15,18). The summed E-state index contributed by atoms with van der Waals surface area (Å²) in [6.45, 7) is 1.82. The maximum absolute atomic E-state index is 11.9. The lowest BCUT2D eigenvalue weighted by Crippen LogP contribution is -2.30. The molecule has 0 atom stereocenters. The number of carbonyl (C=O) groups is 1. The van der Waals surface area contributed by atoms with Gasteiger partial charge in [-0.15, -0.1) is 5.10 Å². The molecule has 1 heterocycles. The van der Waals surface area contributed by atoms with Gasteiger partial charge >= 0.3 is 0 Å². The lowest BCUT2D eigenvalue weighted by Gasteiger charge is -2.06. The highest BCUT2D eigenvalue weighted by molar-refractivity contribution is 7.89. The Hall–Kier alpha value is -1.93. The molecule has 0 saturated carbocycles. The summed E-state index contributed by atoms with van der Waals surface area (Å²) < 4.78 is 25.6. The second kappa shape index (κ2) is 5.82. The first-order valence-electron chi connectivity index (χ1n) is 6.04. The third-order valence-electron chi connectivity index (χ3n) is 2.64. The Labute approximate surface area is 127 Å². The molecular weight excluding hydrogens is 316 g/mol. The van der Waals surface area contributed by atoms with Crippen molar-refractivity contribution in [3.05, 3.63) is 40.7 Å². The van der Waals surface area contributed by atoms with Crippen LogP contribution in [0.3, 0.4) is 0 Å². The van der Waals surface area contributed by atoms with Crippen LogP contribution in [-0.2, 0) is 16.4 Å². The number of nitrogens with zero attached hydrogens (tertiary/aromatic N) is 3. The van der Waals surface area contributed by atoms with Gasteiger partial charge in [0.05, 0.1) is 17.6 Å². The number of hydrogen-bond donors (Lipinski definition) is 1. The zero-order valence-electron chi connectivity index (χ0n) is 11.4. The lowest BCUT2D eigenvalue weighted by atomic mass is 10.2. The summed E-state index contributed by atoms with van der Waals surface area (Å²) in [5.41, 5.74) is 1.12. The molecule has 2 aromatic rings. The molecule has 0 fully saturated rings. The fraction of sp³-hybridized carbons (Fsp3) is 0.250. The minimum atomic E-state index is -3.66. The van der Waals surface area contributed by atoms with Gasteiger partial charge in [0.15, 0.2) is 5.69 Å². The van der Waals surface area contributed by atoms with Crippen molar-refractivity contribution >= 4 is 27.5 Å². The average Bonchev–Trinajstić information content (AvgIpc) is 2.80. The Bertz CT molecular complexity index is 786. The molecule has 0 radical (unpaired) electrons. The third kappa shape index (κ3) is 3.59. The van der Waals surface area contributed by atoms with E-state index in [-0.39, 0.29) is 5.69 Å². The van der Waals surface area contributed by atoms with Gasteiger partial charge in [-0.25, -0.2) is 17.8 Å². The second-order valence-electron chi connectivity index (χ2n) is 4.33. The Morgan fingerprint density at radius 1 is 1.43 bits per heavy atom. The summed E-state index contributed by atoms with van der Waals surface area (Å²) in [5, 5.41) is 8.19. The molecule has 1 amide bonds. The second-order valence-corrected chi connectivity index (χ2v) is 6.52. The Kier molecular flexibility index (Phi) is 4.29. The van der Waals surface area contributed by atoms with Crippen LogP contribution < -0.4 is 4.72 Å². The maximum Gasteiger partial charge on any atom is 0.287 e. The van der Waals surface area contributed by atoms with Crippen LogP contribution in [0.25, 0.3) is 5.69 Å². The number of nitrogens with one attached hydrogen (secondary N) is 1. The van der Waals surface area contributed by atoms with Crippen LogP contribution in [0.1, 0.15) is 23.1 Å². The molecule has 0 aliphatic carbocycles. The number of halogens is 1. The molecule has 9 heteroatoms. The van der Waals surface area contributed by atoms with E-state index in [1.807, 2.05) is 11.6 Å². The van der Waals surface area contributed by atoms with Crippen LogP contribution in [0.4, 0.5) is 0 Å². The van der Waals surface area contributed by atoms with Gasteiger partial charge in [0.2, 0.25) is 10.0 Å². The van der Waals surface area contributed by atoms with E-state index >= 15 is 0 Å². The number of hydrogen-bond acceptors (Lipinski definition) is 5. The van der Waals surface area contributed by atoms with Gasteiger partial charge in [0.25, 0.3) is 5.91 Å². The SMILES string of the molecule is CCc1c(C(=O)NS(C)(=O)=O)nnn1-c1cccc(Cl)c1. The topological polar surface area (TPSA) is 93.9 Å². The van der Waals surface area contributed by atoms with Crippen molar-refractivity contribution in [1.29, 1.82) is 0 Å². The Balaban J connectivity index is 2.46. The van der Waals surface area contributed by atoms with Crippen LogP contribution in [0.2, 0.25) is 5.02 Å². The fourth-order valence-electron chi connectivity index (χ4n) is 1.83. The highest BCUT2D eigenvalue weighted by atomic mass is 35.5. The molecule has 21 heavy (non-hydrogen) atoms. The third-order valence-corrected chi connectivity index (χ3v) is 3.44. The highest BCUT2D eigenvalue weighted by Gasteiger charge is 2.21. The van der Waals surface area contributed by atoms with Crippen molar-refractivity contribution in [1.82, 2.24) is 19.7 Å². The summed E-state index contributed by atoms with van der Waals surface area (Å²) in [5.74, 6) is -0.803. The van der Waals surface area contributed by atoms with Crippen LogP contribution in [0.15, 0.2) is 24.3 Å². The summed E-state index contributed by atoms with van der Waals surface area (Å²) in [6.07, 6.45) is 1.35. The molecular formula is C12H13ClN4O3S. The lowest BCUT2D eigenvalue weighted by molar-refractivity contribution is 0.0976. The largest absolute Gasteiger partial charge is 0.287 e. The van der Waals surface area contributed by atoms with Crippen molar-refractivity contribution in [3.8, 4) is 5.69 Å². The van der Waals surface area contributed by atoms with Gasteiger partial charge in [0.1, 0.15) is 0 Å². The molecule has 0 spiro atoms. The van der Waals surface area contributed by atoms with Crippen molar-refractivity contribution in [3.63, 3.8) is 0 Å². The zero-order chi connectivity index (χ0) is 15.6. The molecule has 0 aliphatic heterocycles. The van der Waals surface area contributed by atoms with E-state index in [0.29, 0.717) is 22.8 Å². The molecule has 1 aromatic carbocycles. The van der Waals surface area contributed by atoms with Crippen LogP contribution >= 0.6 is 11.6 Å². The number of sulfonamides is 1. The predicted octanol–water partition coefficient (Wildman–Crippen LogP) is 1.17. The molecule has 0 unspecified atom stereocenters. The average molecular weight is 329 g/mol. The van der Waals surface area contributed by atoms with Gasteiger partial charge in [-0.1, -0.05) is 29.8 Å². The first kappa shape index (κ1) is 15.5. The van der Waals surface area contributed by atoms with Crippen LogP contribution in [0, 0.1) is 0 Å². The number of benzene rings is 1. The molecule has 0 saturated heterocycles. The fourth-order valence-corrected chi connectivity index (χ4v) is 2.45. The zero-order valence-corrected chi connectivity index (χ0v) is 12.9. The number of aromatic nitrogens is 3. The minimum absolute atomic E-state index is 0.0251. The van der Waals surface area contributed by atoms with E-state index in [4.69, 9.17) is 11.6 Å². The van der Waals surface area contributed by atoms with Gasteiger partial charge in [-0.3, -0.25) is 4.79 Å². The van der Waals surface area contributed by atoms with Gasteiger partial charge in [-0.05, 0) is 24.6 Å². The van der Waals surface area contributed by atoms with E-state index in [9.17, 15) is 13.2 Å². The molecule has 1 aromatic heterocycles. The molecule has 112 valence electrons. The molecule has 0 bridgehead atoms. The number of carbonyl (C=O) groups excluding carboxylic acids is 1. The first-order chi connectivity index (χ1) is 9.81. The van der Waals surface area contributed by atoms with E-state index < -0.39 is 15.9 Å². The summed E-state index contributed by atoms with van der Waals surface area (Å²) in [4.78, 5) is 11.9. The Morgan fingerprint density at radius 3 is 2.71 bits per heavy atom. The minimum Gasteiger partial charge on any atom is -0.266 e. The monoisotopic (exact) mass is 328 g/mol. The predicted molar refractivity (Wildman–Crippen MR) is 78.1 cm³/mol. The summed E-state index contributed by atoms with van der Waals surface area (Å²) in [6, 6.07) is 6.89. The number of amides is 1. The van der Waals surface area contributed by atoms with Crippen molar-refractivity contribution in [2.45, 2.75) is 13.3 Å². The number of rotatable bonds is 4. The van der Waals surface area contributed by atoms with Gasteiger partial charge < -0.3 is 0 Å². The van der Waals surface area contributed by atoms with Crippen LogP contribution in [0.5, 0.6) is 0 Å². The van der Waals surface area contributed by atoms with Gasteiger partial charge in [-0.2, -0.15) is 0 Å². The van der Waals surface area contributed by atoms with Crippen molar-refractivity contribution in [2.24, 2.45) is 0 Å². The van der Waals surface area contributed by atoms with E-state index in [0.717, 1.165) is 6.26 Å². The highest BCUT2D eigenvalue weighted by Crippen LogP contribution is 2.17. The Morgan fingerprint density at radius 2 is 2.14 bits per heavy atom. The van der Waals surface area contributed by atoms with E-state index in [1.165, 1.54) is 4.68 Å². The molecule has 7 nitrogen and oxygen atoms in total. The molecule has 1 N–H and O–H groups in total. The normalized spacial score (nSPS) is 11.4. The van der Waals surface area contributed by atoms with E-state index in [2.05, 4.69) is 10.3 Å². The summed E-state index contributed by atoms with van der Waals surface area (Å²) >= 11 is 5.93.